The molecule has 2 saturated heterocycles. The number of nitrogens with zero attached hydrogens (tertiary/aromatic N) is 1. The maximum atomic E-state index is 11.8. The van der Waals surface area contributed by atoms with Gasteiger partial charge >= 0.3 is 0 Å². The van der Waals surface area contributed by atoms with Gasteiger partial charge in [0.2, 0.25) is 5.91 Å². The third-order valence-electron chi connectivity index (χ3n) is 3.72. The van der Waals surface area contributed by atoms with Crippen LogP contribution in [0.25, 0.3) is 0 Å². The number of nitrogens with one attached hydrogen (secondary N) is 1. The van der Waals surface area contributed by atoms with Crippen LogP contribution in [0.4, 0.5) is 0 Å². The minimum Gasteiger partial charge on any atom is -0.368 e. The summed E-state index contributed by atoms with van der Waals surface area (Å²) in [6, 6.07) is 0. The SMILES string of the molecule is NC(=O)C1(N2CCCNCC2)CCSCC1. The fraction of sp³-hybridized carbons (Fsp3) is 0.909. The van der Waals surface area contributed by atoms with E-state index in [1.165, 1.54) is 0 Å². The van der Waals surface area contributed by atoms with Crippen LogP contribution < -0.4 is 11.1 Å². The minimum absolute atomic E-state index is 0.116. The normalized spacial score (nSPS) is 27.2. The quantitative estimate of drug-likeness (QED) is 0.718. The lowest BCUT2D eigenvalue weighted by molar-refractivity contribution is -0.131. The second kappa shape index (κ2) is 5.38. The molecule has 2 heterocycles. The average molecular weight is 243 g/mol. The molecule has 0 aliphatic carbocycles. The standard InChI is InChI=1S/C11H21N3OS/c12-10(15)11(2-8-16-9-3-11)14-6-1-4-13-5-7-14/h13H,1-9H2,(H2,12,15). The highest BCUT2D eigenvalue weighted by Gasteiger charge is 2.43. The van der Waals surface area contributed by atoms with Crippen molar-refractivity contribution in [3.8, 4) is 0 Å². The number of carbonyl (C=O) groups excluding carboxylic acids is 1. The molecule has 92 valence electrons. The Kier molecular flexibility index (Phi) is 4.10. The minimum atomic E-state index is -0.350. The van der Waals surface area contributed by atoms with Crippen molar-refractivity contribution in [2.24, 2.45) is 5.73 Å². The number of rotatable bonds is 2. The van der Waals surface area contributed by atoms with Gasteiger partial charge in [-0.05, 0) is 37.3 Å². The highest BCUT2D eigenvalue weighted by Crippen LogP contribution is 2.32. The summed E-state index contributed by atoms with van der Waals surface area (Å²) in [4.78, 5) is 14.2. The Labute approximate surface area is 101 Å². The van der Waals surface area contributed by atoms with Gasteiger partial charge < -0.3 is 11.1 Å². The molecule has 0 bridgehead atoms. The van der Waals surface area contributed by atoms with E-state index in [0.29, 0.717) is 0 Å². The van der Waals surface area contributed by atoms with Crippen molar-refractivity contribution < 1.29 is 4.79 Å². The Morgan fingerprint density at radius 2 is 2.00 bits per heavy atom. The molecule has 0 aromatic carbocycles. The van der Waals surface area contributed by atoms with E-state index >= 15 is 0 Å². The van der Waals surface area contributed by atoms with Gasteiger partial charge in [-0.25, -0.2) is 0 Å². The fourth-order valence-corrected chi connectivity index (χ4v) is 3.87. The van der Waals surface area contributed by atoms with Crippen LogP contribution in [0, 0.1) is 0 Å². The number of primary amides is 1. The van der Waals surface area contributed by atoms with Crippen molar-refractivity contribution in [3.63, 3.8) is 0 Å². The second-order valence-electron chi connectivity index (χ2n) is 4.60. The van der Waals surface area contributed by atoms with E-state index in [1.807, 2.05) is 11.8 Å². The molecule has 2 aliphatic rings. The monoisotopic (exact) mass is 243 g/mol. The van der Waals surface area contributed by atoms with E-state index < -0.39 is 0 Å². The first kappa shape index (κ1) is 12.2. The molecule has 3 N–H and O–H groups in total. The zero-order valence-corrected chi connectivity index (χ0v) is 10.5. The molecule has 0 unspecified atom stereocenters. The Hall–Kier alpha value is -0.260. The van der Waals surface area contributed by atoms with Gasteiger partial charge in [-0.3, -0.25) is 9.69 Å². The molecule has 0 aromatic rings. The smallest absolute Gasteiger partial charge is 0.238 e. The highest BCUT2D eigenvalue weighted by atomic mass is 32.2. The van der Waals surface area contributed by atoms with Gasteiger partial charge in [0.25, 0.3) is 0 Å². The first-order valence-corrected chi connectivity index (χ1v) is 7.25. The second-order valence-corrected chi connectivity index (χ2v) is 5.82. The number of nitrogens with two attached hydrogens (primary N) is 1. The van der Waals surface area contributed by atoms with Gasteiger partial charge in [-0.2, -0.15) is 11.8 Å². The van der Waals surface area contributed by atoms with E-state index in [2.05, 4.69) is 10.2 Å². The maximum absolute atomic E-state index is 11.8. The molecule has 2 aliphatic heterocycles. The first-order chi connectivity index (χ1) is 7.76. The van der Waals surface area contributed by atoms with Crippen LogP contribution >= 0.6 is 11.8 Å². The zero-order chi connectivity index (χ0) is 11.4. The van der Waals surface area contributed by atoms with Crippen molar-refractivity contribution in [2.45, 2.75) is 24.8 Å². The van der Waals surface area contributed by atoms with Crippen LogP contribution in [0.3, 0.4) is 0 Å². The average Bonchev–Trinajstić information content (AvgIpc) is 2.58. The largest absolute Gasteiger partial charge is 0.368 e. The van der Waals surface area contributed by atoms with Crippen LogP contribution in [0.15, 0.2) is 0 Å². The molecule has 16 heavy (non-hydrogen) atoms. The lowest BCUT2D eigenvalue weighted by Gasteiger charge is -2.43. The maximum Gasteiger partial charge on any atom is 0.238 e. The van der Waals surface area contributed by atoms with Crippen LogP contribution in [-0.4, -0.2) is 54.0 Å². The summed E-state index contributed by atoms with van der Waals surface area (Å²) in [5.41, 5.74) is 5.32. The molecule has 0 saturated carbocycles. The molecule has 5 heteroatoms. The van der Waals surface area contributed by atoms with Gasteiger partial charge in [-0.15, -0.1) is 0 Å². The van der Waals surface area contributed by atoms with E-state index in [-0.39, 0.29) is 11.4 Å². The van der Waals surface area contributed by atoms with Crippen LogP contribution in [0.2, 0.25) is 0 Å². The van der Waals surface area contributed by atoms with Gasteiger partial charge in [-0.1, -0.05) is 0 Å². The third-order valence-corrected chi connectivity index (χ3v) is 4.71. The molecule has 0 atom stereocenters. The predicted octanol–water partition coefficient (Wildman–Crippen LogP) is 0.0328. The van der Waals surface area contributed by atoms with E-state index in [4.69, 9.17) is 5.73 Å². The van der Waals surface area contributed by atoms with E-state index in [1.54, 1.807) is 0 Å². The molecule has 0 radical (unpaired) electrons. The van der Waals surface area contributed by atoms with Gasteiger partial charge in [0.05, 0.1) is 0 Å². The molecular formula is C11H21N3OS. The summed E-state index contributed by atoms with van der Waals surface area (Å²) in [5, 5.41) is 3.37. The molecule has 2 fully saturated rings. The molecule has 4 nitrogen and oxygen atoms in total. The van der Waals surface area contributed by atoms with Gasteiger partial charge in [0, 0.05) is 19.6 Å². The third kappa shape index (κ3) is 2.36. The summed E-state index contributed by atoms with van der Waals surface area (Å²) in [5.74, 6) is 2.01. The van der Waals surface area contributed by atoms with Gasteiger partial charge in [0.15, 0.2) is 0 Å². The van der Waals surface area contributed by atoms with Crippen molar-refractivity contribution >= 4 is 17.7 Å². The predicted molar refractivity (Wildman–Crippen MR) is 67.5 cm³/mol. The summed E-state index contributed by atoms with van der Waals surface area (Å²) >= 11 is 1.93. The molecule has 2 rings (SSSR count). The Morgan fingerprint density at radius 1 is 1.25 bits per heavy atom. The Balaban J connectivity index is 2.12. The number of hydrogen-bond donors (Lipinski definition) is 2. The van der Waals surface area contributed by atoms with Crippen molar-refractivity contribution in [1.29, 1.82) is 0 Å². The number of carbonyl (C=O) groups is 1. The molecule has 0 aromatic heterocycles. The molecule has 1 amide bonds. The van der Waals surface area contributed by atoms with E-state index in [9.17, 15) is 4.79 Å². The number of amides is 1. The summed E-state index contributed by atoms with van der Waals surface area (Å²) in [6.07, 6.45) is 2.96. The summed E-state index contributed by atoms with van der Waals surface area (Å²) in [6.45, 7) is 3.98. The van der Waals surface area contributed by atoms with Crippen LogP contribution in [0.5, 0.6) is 0 Å². The number of hydrogen-bond acceptors (Lipinski definition) is 4. The summed E-state index contributed by atoms with van der Waals surface area (Å²) in [7, 11) is 0. The molecule has 0 spiro atoms. The van der Waals surface area contributed by atoms with Crippen molar-refractivity contribution in [1.82, 2.24) is 10.2 Å². The van der Waals surface area contributed by atoms with Gasteiger partial charge in [0.1, 0.15) is 5.54 Å². The highest BCUT2D eigenvalue weighted by molar-refractivity contribution is 7.99. The summed E-state index contributed by atoms with van der Waals surface area (Å²) < 4.78 is 0. The topological polar surface area (TPSA) is 58.4 Å². The van der Waals surface area contributed by atoms with Crippen LogP contribution in [0.1, 0.15) is 19.3 Å². The number of thioether (sulfide) groups is 1. The van der Waals surface area contributed by atoms with Crippen molar-refractivity contribution in [3.05, 3.63) is 0 Å². The Bertz CT molecular complexity index is 246. The zero-order valence-electron chi connectivity index (χ0n) is 9.71. The van der Waals surface area contributed by atoms with Crippen molar-refractivity contribution in [2.75, 3.05) is 37.7 Å². The molecular weight excluding hydrogens is 222 g/mol. The van der Waals surface area contributed by atoms with Crippen LogP contribution in [-0.2, 0) is 4.79 Å². The first-order valence-electron chi connectivity index (χ1n) is 6.09. The lowest BCUT2D eigenvalue weighted by Crippen LogP contribution is -2.60. The lowest BCUT2D eigenvalue weighted by atomic mass is 9.89. The fourth-order valence-electron chi connectivity index (χ4n) is 2.70. The Morgan fingerprint density at radius 3 is 2.69 bits per heavy atom. The van der Waals surface area contributed by atoms with E-state index in [0.717, 1.165) is 56.9 Å².